The first-order chi connectivity index (χ1) is 17.5. The molecule has 3 aliphatic heterocycles. The van der Waals surface area contributed by atoms with E-state index < -0.39 is 0 Å². The third kappa shape index (κ3) is 3.23. The van der Waals surface area contributed by atoms with Crippen molar-refractivity contribution in [2.24, 2.45) is 0 Å². The van der Waals surface area contributed by atoms with Gasteiger partial charge in [-0.2, -0.15) is 0 Å². The van der Waals surface area contributed by atoms with Crippen LogP contribution in [0.2, 0.25) is 0 Å². The molecule has 0 radical (unpaired) electrons. The summed E-state index contributed by atoms with van der Waals surface area (Å²) in [6.45, 7) is 0.403. The summed E-state index contributed by atoms with van der Waals surface area (Å²) in [6.07, 6.45) is 7.99. The minimum Gasteiger partial charge on any atom is -0.491 e. The zero-order valence-corrected chi connectivity index (χ0v) is 19.9. The van der Waals surface area contributed by atoms with Gasteiger partial charge in [-0.05, 0) is 56.0 Å². The van der Waals surface area contributed by atoms with Crippen LogP contribution in [0, 0.1) is 11.8 Å². The van der Waals surface area contributed by atoms with E-state index >= 15 is 0 Å². The SMILES string of the molecule is CN(C(=O)c1ccc2nc(N)c3cncn3c2c1)[C@@H]1COc2cc(C#CC34CCC(CC3)O4)ccc21. The van der Waals surface area contributed by atoms with Gasteiger partial charge in [0, 0.05) is 23.7 Å². The molecule has 2 aromatic heterocycles. The fourth-order valence-electron chi connectivity index (χ4n) is 5.70. The zero-order chi connectivity index (χ0) is 24.4. The van der Waals surface area contributed by atoms with Crippen LogP contribution in [-0.4, -0.2) is 50.5 Å². The number of nitrogens with zero attached hydrogens (tertiary/aromatic N) is 4. The normalized spacial score (nSPS) is 23.9. The number of hydrogen-bond donors (Lipinski definition) is 1. The van der Waals surface area contributed by atoms with Gasteiger partial charge in [-0.15, -0.1) is 0 Å². The number of nitrogens with two attached hydrogens (primary N) is 1. The Morgan fingerprint density at radius 3 is 2.86 bits per heavy atom. The van der Waals surface area contributed by atoms with Crippen molar-refractivity contribution in [3.05, 3.63) is 65.6 Å². The van der Waals surface area contributed by atoms with Gasteiger partial charge in [0.1, 0.15) is 29.3 Å². The van der Waals surface area contributed by atoms with Crippen molar-refractivity contribution >= 4 is 28.3 Å². The third-order valence-corrected chi connectivity index (χ3v) is 7.75. The first-order valence-corrected chi connectivity index (χ1v) is 12.3. The van der Waals surface area contributed by atoms with E-state index in [1.807, 2.05) is 41.8 Å². The summed E-state index contributed by atoms with van der Waals surface area (Å²) in [4.78, 5) is 23.8. The van der Waals surface area contributed by atoms with Crippen molar-refractivity contribution in [1.82, 2.24) is 19.3 Å². The molecule has 4 aromatic rings. The molecule has 8 heteroatoms. The fraction of sp³-hybridized carbons (Fsp3) is 0.321. The van der Waals surface area contributed by atoms with Gasteiger partial charge in [0.05, 0.1) is 35.7 Å². The lowest BCUT2D eigenvalue weighted by atomic mass is 9.89. The molecule has 1 amide bonds. The quantitative estimate of drug-likeness (QED) is 0.440. The molecule has 5 heterocycles. The Labute approximate surface area is 208 Å². The van der Waals surface area contributed by atoms with Gasteiger partial charge in [0.25, 0.3) is 5.91 Å². The van der Waals surface area contributed by atoms with E-state index in [1.54, 1.807) is 23.5 Å². The number of fused-ring (bicyclic) bond motifs is 6. The van der Waals surface area contributed by atoms with Gasteiger partial charge in [-0.25, -0.2) is 9.97 Å². The minimum atomic E-state index is -0.261. The Hall–Kier alpha value is -4.09. The molecular weight excluding hydrogens is 454 g/mol. The van der Waals surface area contributed by atoms with Gasteiger partial charge < -0.3 is 20.1 Å². The lowest BCUT2D eigenvalue weighted by Gasteiger charge is -2.24. The maximum absolute atomic E-state index is 13.5. The van der Waals surface area contributed by atoms with Gasteiger partial charge in [0.15, 0.2) is 0 Å². The van der Waals surface area contributed by atoms with Gasteiger partial charge in [-0.1, -0.05) is 17.9 Å². The number of carbonyl (C=O) groups excluding carboxylic acids is 1. The van der Waals surface area contributed by atoms with E-state index in [1.165, 1.54) is 0 Å². The molecule has 1 atom stereocenters. The number of benzene rings is 2. The maximum atomic E-state index is 13.5. The Bertz CT molecular complexity index is 1610. The van der Waals surface area contributed by atoms with Crippen molar-refractivity contribution in [3.8, 4) is 17.6 Å². The lowest BCUT2D eigenvalue weighted by molar-refractivity contribution is 0.0576. The molecule has 2 saturated heterocycles. The Balaban J connectivity index is 1.15. The molecule has 8 nitrogen and oxygen atoms in total. The largest absolute Gasteiger partial charge is 0.491 e. The zero-order valence-electron chi connectivity index (χ0n) is 19.9. The second kappa shape index (κ2) is 7.70. The number of ether oxygens (including phenoxy) is 2. The Morgan fingerprint density at radius 2 is 2.06 bits per heavy atom. The van der Waals surface area contributed by atoms with Crippen molar-refractivity contribution < 1.29 is 14.3 Å². The van der Waals surface area contributed by atoms with E-state index in [2.05, 4.69) is 21.8 Å². The molecule has 2 aromatic carbocycles. The first kappa shape index (κ1) is 21.2. The summed E-state index contributed by atoms with van der Waals surface area (Å²) in [5.41, 5.74) is 10.4. The van der Waals surface area contributed by atoms with E-state index in [9.17, 15) is 4.79 Å². The van der Waals surface area contributed by atoms with Crippen LogP contribution >= 0.6 is 0 Å². The number of anilines is 1. The summed E-state index contributed by atoms with van der Waals surface area (Å²) >= 11 is 0. The topological polar surface area (TPSA) is 95.0 Å². The van der Waals surface area contributed by atoms with Gasteiger partial charge in [-0.3, -0.25) is 9.20 Å². The average Bonchev–Trinajstić information content (AvgIpc) is 3.70. The number of likely N-dealkylation sites (N-methyl/N-ethyl adjacent to an activating group) is 1. The number of aromatic nitrogens is 3. The van der Waals surface area contributed by atoms with Crippen LogP contribution in [0.15, 0.2) is 48.9 Å². The van der Waals surface area contributed by atoms with Crippen molar-refractivity contribution in [1.29, 1.82) is 0 Å². The second-order valence-electron chi connectivity index (χ2n) is 9.91. The van der Waals surface area contributed by atoms with E-state index in [-0.39, 0.29) is 17.6 Å². The van der Waals surface area contributed by atoms with Crippen LogP contribution in [0.25, 0.3) is 16.6 Å². The third-order valence-electron chi connectivity index (χ3n) is 7.75. The van der Waals surface area contributed by atoms with Crippen molar-refractivity contribution in [3.63, 3.8) is 0 Å². The van der Waals surface area contributed by atoms with E-state index in [0.29, 0.717) is 35.1 Å². The molecule has 0 unspecified atom stereocenters. The second-order valence-corrected chi connectivity index (χ2v) is 9.91. The highest BCUT2D eigenvalue weighted by atomic mass is 16.5. The van der Waals surface area contributed by atoms with E-state index in [0.717, 1.165) is 48.1 Å². The average molecular weight is 480 g/mol. The van der Waals surface area contributed by atoms with Crippen LogP contribution < -0.4 is 10.5 Å². The van der Waals surface area contributed by atoms with Crippen molar-refractivity contribution in [2.45, 2.75) is 43.4 Å². The van der Waals surface area contributed by atoms with Crippen LogP contribution in [0.4, 0.5) is 5.82 Å². The molecule has 36 heavy (non-hydrogen) atoms. The summed E-state index contributed by atoms with van der Waals surface area (Å²) in [7, 11) is 1.81. The summed E-state index contributed by atoms with van der Waals surface area (Å²) in [6, 6.07) is 11.2. The highest BCUT2D eigenvalue weighted by Gasteiger charge is 2.45. The molecule has 3 aliphatic rings. The van der Waals surface area contributed by atoms with Crippen LogP contribution in [0.5, 0.6) is 5.75 Å². The standard InChI is InChI=1S/C28H25N5O3/c1-32(27(34)18-3-5-21-22(13-18)33-16-30-14-23(33)26(29)31-21)24-15-35-25-12-17(2-4-20(24)25)6-9-28-10-7-19(36-28)8-11-28/h2-5,12-14,16,19,24H,7-8,10-11,15H2,1H3,(H2,29,31)/t19?,24-,28?/m1/s1. The molecule has 0 spiro atoms. The number of nitrogen functional groups attached to an aromatic ring is 1. The van der Waals surface area contributed by atoms with Crippen molar-refractivity contribution in [2.75, 3.05) is 19.4 Å². The number of carbonyl (C=O) groups is 1. The van der Waals surface area contributed by atoms with Gasteiger partial charge >= 0.3 is 0 Å². The smallest absolute Gasteiger partial charge is 0.254 e. The Morgan fingerprint density at radius 1 is 1.19 bits per heavy atom. The summed E-state index contributed by atoms with van der Waals surface area (Å²) < 4.78 is 13.9. The van der Waals surface area contributed by atoms with Gasteiger partial charge in [0.2, 0.25) is 0 Å². The first-order valence-electron chi connectivity index (χ1n) is 12.3. The number of rotatable bonds is 2. The number of hydrogen-bond acceptors (Lipinski definition) is 6. The maximum Gasteiger partial charge on any atom is 0.254 e. The predicted molar refractivity (Wildman–Crippen MR) is 135 cm³/mol. The molecule has 2 fully saturated rings. The summed E-state index contributed by atoms with van der Waals surface area (Å²) in [5, 5.41) is 0. The monoisotopic (exact) mass is 479 g/mol. The number of imidazole rings is 1. The molecule has 2 bridgehead atoms. The minimum absolute atomic E-state index is 0.0967. The molecule has 7 rings (SSSR count). The van der Waals surface area contributed by atoms with Crippen LogP contribution in [0.3, 0.4) is 0 Å². The predicted octanol–water partition coefficient (Wildman–Crippen LogP) is 3.73. The molecule has 0 saturated carbocycles. The molecule has 2 N–H and O–H groups in total. The van der Waals surface area contributed by atoms with E-state index in [4.69, 9.17) is 15.2 Å². The van der Waals surface area contributed by atoms with Crippen LogP contribution in [-0.2, 0) is 4.74 Å². The lowest BCUT2D eigenvalue weighted by Crippen LogP contribution is -2.32. The molecular formula is C28H25N5O3. The summed E-state index contributed by atoms with van der Waals surface area (Å²) in [5.74, 6) is 7.77. The van der Waals surface area contributed by atoms with Crippen LogP contribution in [0.1, 0.15) is 53.2 Å². The molecule has 180 valence electrons. The fourth-order valence-corrected chi connectivity index (χ4v) is 5.70. The highest BCUT2D eigenvalue weighted by Crippen LogP contribution is 2.43. The molecule has 0 aliphatic carbocycles. The number of amides is 1. The highest BCUT2D eigenvalue weighted by molar-refractivity contribution is 5.98. The Kier molecular flexibility index (Phi) is 4.54.